The highest BCUT2D eigenvalue weighted by atomic mass is 16.5. The maximum absolute atomic E-state index is 13.0. The van der Waals surface area contributed by atoms with Crippen LogP contribution in [0.25, 0.3) is 0 Å². The predicted octanol–water partition coefficient (Wildman–Crippen LogP) is 3.23. The number of anilines is 1. The van der Waals surface area contributed by atoms with E-state index in [0.717, 1.165) is 37.1 Å². The van der Waals surface area contributed by atoms with Crippen molar-refractivity contribution < 1.29 is 14.3 Å². The van der Waals surface area contributed by atoms with E-state index in [0.29, 0.717) is 18.7 Å². The van der Waals surface area contributed by atoms with Gasteiger partial charge in [0, 0.05) is 13.1 Å². The van der Waals surface area contributed by atoms with Crippen LogP contribution in [0.1, 0.15) is 45.4 Å². The number of likely N-dealkylation sites (tertiary alicyclic amines) is 1. The Morgan fingerprint density at radius 2 is 1.69 bits per heavy atom. The topological polar surface area (TPSA) is 49.9 Å². The molecule has 2 aliphatic heterocycles. The molecule has 0 unspecified atom stereocenters. The number of rotatable bonds is 5. The van der Waals surface area contributed by atoms with Crippen molar-refractivity contribution in [3.8, 4) is 5.75 Å². The zero-order chi connectivity index (χ0) is 18.1. The van der Waals surface area contributed by atoms with Crippen molar-refractivity contribution in [1.29, 1.82) is 0 Å². The first-order valence-corrected chi connectivity index (χ1v) is 10.0. The van der Waals surface area contributed by atoms with Gasteiger partial charge in [-0.2, -0.15) is 0 Å². The average molecular weight is 356 g/mol. The predicted molar refractivity (Wildman–Crippen MR) is 100 cm³/mol. The lowest BCUT2D eigenvalue weighted by Gasteiger charge is -2.23. The van der Waals surface area contributed by atoms with Gasteiger partial charge in [-0.25, -0.2) is 4.90 Å². The molecule has 140 valence electrons. The minimum absolute atomic E-state index is 0.0594. The average Bonchev–Trinajstić information content (AvgIpc) is 3.21. The van der Waals surface area contributed by atoms with Gasteiger partial charge >= 0.3 is 0 Å². The third-order valence-electron chi connectivity index (χ3n) is 6.14. The first-order chi connectivity index (χ1) is 12.7. The van der Waals surface area contributed by atoms with Gasteiger partial charge in [0.1, 0.15) is 5.75 Å². The lowest BCUT2D eigenvalue weighted by atomic mass is 9.82. The number of carbonyl (C=O) groups is 2. The summed E-state index contributed by atoms with van der Waals surface area (Å²) < 4.78 is 5.59. The van der Waals surface area contributed by atoms with Gasteiger partial charge in [0.2, 0.25) is 5.91 Å². The summed E-state index contributed by atoms with van der Waals surface area (Å²) in [4.78, 5) is 29.2. The van der Waals surface area contributed by atoms with Gasteiger partial charge in [-0.1, -0.05) is 19.8 Å². The van der Waals surface area contributed by atoms with E-state index in [1.165, 1.54) is 30.6 Å². The molecule has 0 aromatic heterocycles. The molecule has 26 heavy (non-hydrogen) atoms. The number of ether oxygens (including phenoxy) is 1. The molecule has 5 nitrogen and oxygen atoms in total. The lowest BCUT2D eigenvalue weighted by molar-refractivity contribution is -0.122. The van der Waals surface area contributed by atoms with Crippen LogP contribution >= 0.6 is 0 Å². The Hall–Kier alpha value is -1.88. The van der Waals surface area contributed by atoms with Crippen LogP contribution in [0.2, 0.25) is 0 Å². The summed E-state index contributed by atoms with van der Waals surface area (Å²) in [6.45, 7) is 4.68. The fourth-order valence-electron chi connectivity index (χ4n) is 4.78. The fraction of sp³-hybridized carbons (Fsp3) is 0.619. The molecule has 2 saturated heterocycles. The summed E-state index contributed by atoms with van der Waals surface area (Å²) in [5, 5.41) is 0. The number of carbonyl (C=O) groups excluding carboxylic acids is 2. The Kier molecular flexibility index (Phi) is 4.98. The zero-order valence-electron chi connectivity index (χ0n) is 15.5. The molecule has 3 atom stereocenters. The van der Waals surface area contributed by atoms with Crippen LogP contribution < -0.4 is 9.64 Å². The second-order valence-electron chi connectivity index (χ2n) is 7.89. The first-order valence-electron chi connectivity index (χ1n) is 10.0. The van der Waals surface area contributed by atoms with Crippen LogP contribution in [-0.2, 0) is 9.59 Å². The Bertz CT molecular complexity index is 658. The van der Waals surface area contributed by atoms with E-state index in [9.17, 15) is 9.59 Å². The smallest absolute Gasteiger partial charge is 0.251 e. The number of nitrogens with zero attached hydrogens (tertiary/aromatic N) is 2. The van der Waals surface area contributed by atoms with Crippen LogP contribution in [0.4, 0.5) is 5.69 Å². The molecule has 1 saturated carbocycles. The van der Waals surface area contributed by atoms with Crippen molar-refractivity contribution in [1.82, 2.24) is 4.90 Å². The molecular formula is C21H28N2O3. The van der Waals surface area contributed by atoms with Gasteiger partial charge in [-0.15, -0.1) is 0 Å². The monoisotopic (exact) mass is 356 g/mol. The Morgan fingerprint density at radius 3 is 2.31 bits per heavy atom. The van der Waals surface area contributed by atoms with Crippen molar-refractivity contribution in [2.45, 2.75) is 51.5 Å². The molecule has 5 heteroatoms. The molecule has 0 N–H and O–H groups in total. The van der Waals surface area contributed by atoms with Crippen molar-refractivity contribution >= 4 is 17.5 Å². The van der Waals surface area contributed by atoms with Crippen LogP contribution in [0, 0.1) is 11.8 Å². The van der Waals surface area contributed by atoms with E-state index in [-0.39, 0.29) is 17.9 Å². The Balaban J connectivity index is 1.45. The van der Waals surface area contributed by atoms with E-state index in [2.05, 4.69) is 11.8 Å². The lowest BCUT2D eigenvalue weighted by Crippen LogP contribution is -2.41. The third-order valence-corrected chi connectivity index (χ3v) is 6.14. The van der Waals surface area contributed by atoms with Crippen molar-refractivity contribution in [3.05, 3.63) is 24.3 Å². The van der Waals surface area contributed by atoms with Crippen molar-refractivity contribution in [3.63, 3.8) is 0 Å². The summed E-state index contributed by atoms with van der Waals surface area (Å²) in [5.41, 5.74) is 0.656. The van der Waals surface area contributed by atoms with Gasteiger partial charge in [0.15, 0.2) is 0 Å². The summed E-state index contributed by atoms with van der Waals surface area (Å²) in [7, 11) is 0. The molecule has 4 rings (SSSR count). The number of amides is 2. The first kappa shape index (κ1) is 17.5. The molecule has 3 fully saturated rings. The molecule has 2 amide bonds. The van der Waals surface area contributed by atoms with Gasteiger partial charge < -0.3 is 4.74 Å². The fourth-order valence-corrected chi connectivity index (χ4v) is 4.78. The summed E-state index contributed by atoms with van der Waals surface area (Å²) in [6, 6.07) is 7.02. The molecular weight excluding hydrogens is 328 g/mol. The molecule has 0 radical (unpaired) electrons. The number of benzene rings is 1. The maximum Gasteiger partial charge on any atom is 0.251 e. The van der Waals surface area contributed by atoms with Crippen LogP contribution in [0.3, 0.4) is 0 Å². The minimum atomic E-state index is -0.274. The quantitative estimate of drug-likeness (QED) is 0.760. The zero-order valence-corrected chi connectivity index (χ0v) is 15.5. The number of fused-ring (bicyclic) bond motifs is 1. The highest BCUT2D eigenvalue weighted by Crippen LogP contribution is 2.38. The molecule has 0 spiro atoms. The minimum Gasteiger partial charge on any atom is -0.494 e. The summed E-state index contributed by atoms with van der Waals surface area (Å²) in [6.07, 6.45) is 6.44. The van der Waals surface area contributed by atoms with E-state index >= 15 is 0 Å². The van der Waals surface area contributed by atoms with E-state index < -0.39 is 0 Å². The number of hydrogen-bond acceptors (Lipinski definition) is 4. The normalized spacial score (nSPS) is 29.3. The maximum atomic E-state index is 13.0. The highest BCUT2D eigenvalue weighted by Gasteiger charge is 2.46. The highest BCUT2D eigenvalue weighted by molar-refractivity contribution is 6.22. The van der Waals surface area contributed by atoms with Gasteiger partial charge in [-0.05, 0) is 55.4 Å². The second kappa shape index (κ2) is 7.39. The van der Waals surface area contributed by atoms with Crippen LogP contribution in [0.15, 0.2) is 24.3 Å². The summed E-state index contributed by atoms with van der Waals surface area (Å²) in [5.74, 6) is 2.06. The molecule has 2 heterocycles. The largest absolute Gasteiger partial charge is 0.494 e. The molecule has 1 aromatic rings. The SMILES string of the molecule is CCCOc1ccc(N2C(=O)C[C@@H](N3C[C@H]4CCCC[C@@H]4C3)C2=O)cc1. The standard InChI is InChI=1S/C21H28N2O3/c1-2-11-26-18-9-7-17(8-10-18)23-20(24)12-19(21(23)25)22-13-15-5-3-4-6-16(15)14-22/h7-10,15-16,19H,2-6,11-14H2,1H3/t15-,16-,19-/m1/s1. The second-order valence-corrected chi connectivity index (χ2v) is 7.89. The molecule has 1 aromatic carbocycles. The Morgan fingerprint density at radius 1 is 1.04 bits per heavy atom. The van der Waals surface area contributed by atoms with Gasteiger partial charge in [-0.3, -0.25) is 14.5 Å². The summed E-state index contributed by atoms with van der Waals surface area (Å²) >= 11 is 0. The number of hydrogen-bond donors (Lipinski definition) is 0. The third kappa shape index (κ3) is 3.25. The number of imide groups is 1. The van der Waals surface area contributed by atoms with Crippen LogP contribution in [0.5, 0.6) is 5.75 Å². The van der Waals surface area contributed by atoms with Crippen LogP contribution in [-0.4, -0.2) is 42.5 Å². The van der Waals surface area contributed by atoms with Gasteiger partial charge in [0.05, 0.1) is 24.8 Å². The molecule has 1 aliphatic carbocycles. The van der Waals surface area contributed by atoms with E-state index in [4.69, 9.17) is 4.74 Å². The van der Waals surface area contributed by atoms with Crippen molar-refractivity contribution in [2.75, 3.05) is 24.6 Å². The molecule has 0 bridgehead atoms. The van der Waals surface area contributed by atoms with E-state index in [1.807, 2.05) is 24.3 Å². The Labute approximate surface area is 155 Å². The van der Waals surface area contributed by atoms with E-state index in [1.54, 1.807) is 0 Å². The van der Waals surface area contributed by atoms with Gasteiger partial charge in [0.25, 0.3) is 5.91 Å². The molecule has 3 aliphatic rings. The van der Waals surface area contributed by atoms with Crippen molar-refractivity contribution in [2.24, 2.45) is 11.8 Å².